The first kappa shape index (κ1) is 17.0. The summed E-state index contributed by atoms with van der Waals surface area (Å²) in [5.74, 6) is -1.36. The molecule has 2 aromatic rings. The molecule has 0 spiro atoms. The summed E-state index contributed by atoms with van der Waals surface area (Å²) in [6.45, 7) is -0.0123. The zero-order valence-corrected chi connectivity index (χ0v) is 13.0. The van der Waals surface area contributed by atoms with Crippen molar-refractivity contribution in [2.75, 3.05) is 13.2 Å². The zero-order valence-electron chi connectivity index (χ0n) is 12.2. The van der Waals surface area contributed by atoms with Gasteiger partial charge < -0.3 is 10.1 Å². The largest absolute Gasteiger partial charge is 0.452 e. The summed E-state index contributed by atoms with van der Waals surface area (Å²) in [6.07, 6.45) is 0.560. The van der Waals surface area contributed by atoms with Gasteiger partial charge in [0.25, 0.3) is 5.91 Å². The molecule has 4 nitrogen and oxygen atoms in total. The van der Waals surface area contributed by atoms with Crippen molar-refractivity contribution in [3.05, 3.63) is 70.5 Å². The van der Waals surface area contributed by atoms with Gasteiger partial charge in [0.05, 0.1) is 10.6 Å². The molecule has 2 rings (SSSR count). The fraction of sp³-hybridized carbons (Fsp3) is 0.176. The Bertz CT molecular complexity index is 688. The maximum Gasteiger partial charge on any atom is 0.340 e. The second-order valence-electron chi connectivity index (χ2n) is 4.78. The van der Waals surface area contributed by atoms with Gasteiger partial charge in [-0.2, -0.15) is 0 Å². The van der Waals surface area contributed by atoms with Crippen LogP contribution in [0.25, 0.3) is 0 Å². The van der Waals surface area contributed by atoms with Crippen LogP contribution < -0.4 is 5.32 Å². The Kier molecular flexibility index (Phi) is 6.11. The van der Waals surface area contributed by atoms with Gasteiger partial charge in [0.2, 0.25) is 0 Å². The molecule has 0 heterocycles. The highest BCUT2D eigenvalue weighted by atomic mass is 35.5. The van der Waals surface area contributed by atoms with Crippen LogP contribution in [0.4, 0.5) is 4.39 Å². The van der Waals surface area contributed by atoms with E-state index in [1.807, 2.05) is 0 Å². The molecule has 0 aliphatic carbocycles. The van der Waals surface area contributed by atoms with Crippen LogP contribution >= 0.6 is 11.6 Å². The fourth-order valence-corrected chi connectivity index (χ4v) is 2.10. The number of nitrogens with one attached hydrogen (secondary N) is 1. The van der Waals surface area contributed by atoms with Crippen molar-refractivity contribution >= 4 is 23.5 Å². The average Bonchev–Trinajstić information content (AvgIpc) is 2.55. The molecule has 6 heteroatoms. The number of ether oxygens (including phenoxy) is 1. The van der Waals surface area contributed by atoms with Gasteiger partial charge in [-0.3, -0.25) is 4.79 Å². The van der Waals surface area contributed by atoms with Crippen LogP contribution in [0, 0.1) is 5.82 Å². The van der Waals surface area contributed by atoms with Crippen LogP contribution in [-0.2, 0) is 16.0 Å². The van der Waals surface area contributed by atoms with Gasteiger partial charge in [0, 0.05) is 6.54 Å². The third-order valence-electron chi connectivity index (χ3n) is 3.08. The minimum Gasteiger partial charge on any atom is -0.452 e. The molecule has 0 fully saturated rings. The van der Waals surface area contributed by atoms with Crippen molar-refractivity contribution in [3.63, 3.8) is 0 Å². The summed E-state index contributed by atoms with van der Waals surface area (Å²) in [5.41, 5.74) is 1.12. The van der Waals surface area contributed by atoms with Crippen molar-refractivity contribution in [1.82, 2.24) is 5.32 Å². The molecule has 0 aliphatic heterocycles. The number of amides is 1. The lowest BCUT2D eigenvalue weighted by molar-refractivity contribution is -0.124. The van der Waals surface area contributed by atoms with Crippen LogP contribution in [0.3, 0.4) is 0 Å². The summed E-state index contributed by atoms with van der Waals surface area (Å²) in [6, 6.07) is 12.5. The Morgan fingerprint density at radius 2 is 1.78 bits per heavy atom. The Labute approximate surface area is 138 Å². The van der Waals surface area contributed by atoms with Crippen LogP contribution in [0.15, 0.2) is 48.5 Å². The minimum absolute atomic E-state index is 0.216. The summed E-state index contributed by atoms with van der Waals surface area (Å²) in [7, 11) is 0. The Balaban J connectivity index is 1.72. The molecule has 120 valence electrons. The SMILES string of the molecule is O=C(COC(=O)c1ccccc1Cl)NCCc1ccc(F)cc1. The van der Waals surface area contributed by atoms with E-state index >= 15 is 0 Å². The normalized spacial score (nSPS) is 10.2. The minimum atomic E-state index is -0.649. The summed E-state index contributed by atoms with van der Waals surface area (Å²) in [4.78, 5) is 23.4. The molecular weight excluding hydrogens is 321 g/mol. The first-order chi connectivity index (χ1) is 11.1. The third-order valence-corrected chi connectivity index (χ3v) is 3.41. The van der Waals surface area contributed by atoms with E-state index in [1.54, 1.807) is 30.3 Å². The van der Waals surface area contributed by atoms with Crippen LogP contribution in [0.2, 0.25) is 5.02 Å². The van der Waals surface area contributed by atoms with Crippen molar-refractivity contribution in [2.24, 2.45) is 0 Å². The number of halogens is 2. The summed E-state index contributed by atoms with van der Waals surface area (Å²) in [5, 5.41) is 2.90. The molecule has 1 amide bonds. The van der Waals surface area contributed by atoms with Gasteiger partial charge in [-0.25, -0.2) is 9.18 Å². The maximum absolute atomic E-state index is 12.8. The number of carbonyl (C=O) groups is 2. The van der Waals surface area contributed by atoms with E-state index < -0.39 is 11.9 Å². The van der Waals surface area contributed by atoms with E-state index in [9.17, 15) is 14.0 Å². The Morgan fingerprint density at radius 1 is 1.09 bits per heavy atom. The number of hydrogen-bond acceptors (Lipinski definition) is 3. The molecular formula is C17H15ClFNO3. The summed E-state index contributed by atoms with van der Waals surface area (Å²) >= 11 is 5.87. The molecule has 0 aliphatic rings. The smallest absolute Gasteiger partial charge is 0.340 e. The fourth-order valence-electron chi connectivity index (χ4n) is 1.88. The van der Waals surface area contributed by atoms with Gasteiger partial charge in [0.15, 0.2) is 6.61 Å². The highest BCUT2D eigenvalue weighted by Crippen LogP contribution is 2.15. The molecule has 0 bridgehead atoms. The highest BCUT2D eigenvalue weighted by molar-refractivity contribution is 6.33. The lowest BCUT2D eigenvalue weighted by Gasteiger charge is -2.07. The van der Waals surface area contributed by atoms with Gasteiger partial charge in [-0.1, -0.05) is 35.9 Å². The second kappa shape index (κ2) is 8.29. The van der Waals surface area contributed by atoms with E-state index in [4.69, 9.17) is 16.3 Å². The number of carbonyl (C=O) groups excluding carboxylic acids is 2. The number of hydrogen-bond donors (Lipinski definition) is 1. The van der Waals surface area contributed by atoms with E-state index in [-0.39, 0.29) is 23.0 Å². The van der Waals surface area contributed by atoms with Gasteiger partial charge in [-0.15, -0.1) is 0 Å². The highest BCUT2D eigenvalue weighted by Gasteiger charge is 2.12. The number of rotatable bonds is 6. The molecule has 0 aromatic heterocycles. The number of esters is 1. The zero-order chi connectivity index (χ0) is 16.7. The van der Waals surface area contributed by atoms with Crippen LogP contribution in [-0.4, -0.2) is 25.0 Å². The Hall–Kier alpha value is -2.40. The maximum atomic E-state index is 12.8. The van der Waals surface area contributed by atoms with E-state index in [0.29, 0.717) is 13.0 Å². The third kappa shape index (κ3) is 5.38. The standard InChI is InChI=1S/C17H15ClFNO3/c18-15-4-2-1-3-14(15)17(22)23-11-16(21)20-10-9-12-5-7-13(19)8-6-12/h1-8H,9-11H2,(H,20,21). The van der Waals surface area contributed by atoms with Gasteiger partial charge >= 0.3 is 5.97 Å². The molecule has 0 radical (unpaired) electrons. The van der Waals surface area contributed by atoms with E-state index in [0.717, 1.165) is 5.56 Å². The van der Waals surface area contributed by atoms with E-state index in [2.05, 4.69) is 5.32 Å². The van der Waals surface area contributed by atoms with Crippen molar-refractivity contribution in [3.8, 4) is 0 Å². The quantitative estimate of drug-likeness (QED) is 0.826. The lowest BCUT2D eigenvalue weighted by Crippen LogP contribution is -2.30. The van der Waals surface area contributed by atoms with E-state index in [1.165, 1.54) is 18.2 Å². The van der Waals surface area contributed by atoms with Crippen molar-refractivity contribution in [2.45, 2.75) is 6.42 Å². The predicted molar refractivity (Wildman–Crippen MR) is 84.8 cm³/mol. The second-order valence-corrected chi connectivity index (χ2v) is 5.19. The van der Waals surface area contributed by atoms with Crippen LogP contribution in [0.5, 0.6) is 0 Å². The first-order valence-corrected chi connectivity index (χ1v) is 7.37. The van der Waals surface area contributed by atoms with Gasteiger partial charge in [-0.05, 0) is 36.2 Å². The van der Waals surface area contributed by atoms with Crippen LogP contribution in [0.1, 0.15) is 15.9 Å². The molecule has 0 unspecified atom stereocenters. The lowest BCUT2D eigenvalue weighted by atomic mass is 10.1. The van der Waals surface area contributed by atoms with Crippen molar-refractivity contribution in [1.29, 1.82) is 0 Å². The monoisotopic (exact) mass is 335 g/mol. The topological polar surface area (TPSA) is 55.4 Å². The molecule has 0 atom stereocenters. The van der Waals surface area contributed by atoms with Crippen molar-refractivity contribution < 1.29 is 18.7 Å². The van der Waals surface area contributed by atoms with Gasteiger partial charge in [0.1, 0.15) is 5.82 Å². The molecule has 23 heavy (non-hydrogen) atoms. The summed E-state index contributed by atoms with van der Waals surface area (Å²) < 4.78 is 17.7. The Morgan fingerprint density at radius 3 is 2.48 bits per heavy atom. The predicted octanol–water partition coefficient (Wildman–Crippen LogP) is 2.99. The molecule has 1 N–H and O–H groups in total. The number of benzene rings is 2. The molecule has 0 saturated heterocycles. The first-order valence-electron chi connectivity index (χ1n) is 6.99. The average molecular weight is 336 g/mol. The molecule has 2 aromatic carbocycles. The molecule has 0 saturated carbocycles.